The van der Waals surface area contributed by atoms with Crippen molar-refractivity contribution in [3.05, 3.63) is 59.7 Å². The van der Waals surface area contributed by atoms with Gasteiger partial charge >= 0.3 is 0 Å². The van der Waals surface area contributed by atoms with Crippen LogP contribution in [0.4, 0.5) is 0 Å². The van der Waals surface area contributed by atoms with Gasteiger partial charge in [0.25, 0.3) is 0 Å². The van der Waals surface area contributed by atoms with Crippen LogP contribution in [0.3, 0.4) is 0 Å². The zero-order valence-electron chi connectivity index (χ0n) is 18.6. The van der Waals surface area contributed by atoms with Crippen molar-refractivity contribution in [2.75, 3.05) is 13.2 Å². The topological polar surface area (TPSA) is 67.9 Å². The SMILES string of the molecule is CC[C@@H](C)NC(=O)[C@H](C)N(Cc1ccccc1)C(=O)CCc1ccc2c(c1)OCCO2. The minimum absolute atomic E-state index is 0.0504. The fraction of sp³-hybridized carbons (Fsp3) is 0.440. The van der Waals surface area contributed by atoms with Gasteiger partial charge in [0.05, 0.1) is 0 Å². The Morgan fingerprint density at radius 2 is 1.71 bits per heavy atom. The molecule has 0 saturated carbocycles. The number of nitrogens with zero attached hydrogens (tertiary/aromatic N) is 1. The smallest absolute Gasteiger partial charge is 0.242 e. The van der Waals surface area contributed by atoms with Gasteiger partial charge in [0.2, 0.25) is 11.8 Å². The van der Waals surface area contributed by atoms with Crippen LogP contribution in [0.25, 0.3) is 0 Å². The number of hydrogen-bond acceptors (Lipinski definition) is 4. The lowest BCUT2D eigenvalue weighted by atomic mass is 10.1. The van der Waals surface area contributed by atoms with Gasteiger partial charge in [-0.2, -0.15) is 0 Å². The molecule has 1 aliphatic rings. The third kappa shape index (κ3) is 6.23. The molecular weight excluding hydrogens is 392 g/mol. The van der Waals surface area contributed by atoms with E-state index in [0.717, 1.165) is 29.0 Å². The van der Waals surface area contributed by atoms with Crippen molar-refractivity contribution < 1.29 is 19.1 Å². The molecule has 2 atom stereocenters. The van der Waals surface area contributed by atoms with Crippen LogP contribution >= 0.6 is 0 Å². The molecule has 6 heteroatoms. The Morgan fingerprint density at radius 1 is 1.00 bits per heavy atom. The lowest BCUT2D eigenvalue weighted by molar-refractivity contribution is -0.140. The maximum absolute atomic E-state index is 13.2. The van der Waals surface area contributed by atoms with Crippen LogP contribution in [0.2, 0.25) is 0 Å². The first-order valence-electron chi connectivity index (χ1n) is 11.0. The van der Waals surface area contributed by atoms with Crippen molar-refractivity contribution in [1.82, 2.24) is 10.2 Å². The van der Waals surface area contributed by atoms with Crippen LogP contribution in [0.5, 0.6) is 11.5 Å². The summed E-state index contributed by atoms with van der Waals surface area (Å²) in [5, 5.41) is 3.00. The van der Waals surface area contributed by atoms with Crippen molar-refractivity contribution >= 4 is 11.8 Å². The first-order chi connectivity index (χ1) is 15.0. The molecule has 2 aromatic carbocycles. The van der Waals surface area contributed by atoms with E-state index in [1.54, 1.807) is 11.8 Å². The molecule has 166 valence electrons. The summed E-state index contributed by atoms with van der Waals surface area (Å²) in [5.41, 5.74) is 2.01. The number of carbonyl (C=O) groups excluding carboxylic acids is 2. The molecule has 1 N–H and O–H groups in total. The second kappa shape index (κ2) is 10.8. The second-order valence-electron chi connectivity index (χ2n) is 7.98. The number of ether oxygens (including phenoxy) is 2. The molecule has 0 aromatic heterocycles. The Balaban J connectivity index is 1.69. The van der Waals surface area contributed by atoms with Gasteiger partial charge in [-0.3, -0.25) is 9.59 Å². The predicted molar refractivity (Wildman–Crippen MR) is 120 cm³/mol. The highest BCUT2D eigenvalue weighted by molar-refractivity contribution is 5.87. The van der Waals surface area contributed by atoms with Gasteiger partial charge in [-0.15, -0.1) is 0 Å². The highest BCUT2D eigenvalue weighted by Crippen LogP contribution is 2.31. The number of benzene rings is 2. The molecule has 0 radical (unpaired) electrons. The van der Waals surface area contributed by atoms with Gasteiger partial charge in [-0.25, -0.2) is 0 Å². The largest absolute Gasteiger partial charge is 0.486 e. The van der Waals surface area contributed by atoms with E-state index >= 15 is 0 Å². The first-order valence-corrected chi connectivity index (χ1v) is 11.0. The van der Waals surface area contributed by atoms with Crippen LogP contribution < -0.4 is 14.8 Å². The van der Waals surface area contributed by atoms with Crippen molar-refractivity contribution in [2.45, 2.75) is 58.7 Å². The maximum Gasteiger partial charge on any atom is 0.242 e. The highest BCUT2D eigenvalue weighted by atomic mass is 16.6. The Bertz CT molecular complexity index is 884. The maximum atomic E-state index is 13.2. The average Bonchev–Trinajstić information content (AvgIpc) is 2.80. The molecule has 1 heterocycles. The summed E-state index contributed by atoms with van der Waals surface area (Å²) in [4.78, 5) is 27.6. The monoisotopic (exact) mass is 424 g/mol. The third-order valence-corrected chi connectivity index (χ3v) is 5.60. The highest BCUT2D eigenvalue weighted by Gasteiger charge is 2.26. The fourth-order valence-corrected chi connectivity index (χ4v) is 3.47. The number of nitrogens with one attached hydrogen (secondary N) is 1. The van der Waals surface area contributed by atoms with Crippen molar-refractivity contribution in [3.8, 4) is 11.5 Å². The van der Waals surface area contributed by atoms with Gasteiger partial charge in [-0.05, 0) is 49.9 Å². The summed E-state index contributed by atoms with van der Waals surface area (Å²) in [5.74, 6) is 1.28. The predicted octanol–water partition coefficient (Wildman–Crippen LogP) is 3.72. The zero-order valence-corrected chi connectivity index (χ0v) is 18.6. The molecule has 1 aliphatic heterocycles. The Labute approximate surface area is 184 Å². The van der Waals surface area contributed by atoms with E-state index in [4.69, 9.17) is 9.47 Å². The number of aryl methyl sites for hydroxylation is 1. The molecule has 31 heavy (non-hydrogen) atoms. The van der Waals surface area contributed by atoms with E-state index in [9.17, 15) is 9.59 Å². The van der Waals surface area contributed by atoms with Crippen molar-refractivity contribution in [1.29, 1.82) is 0 Å². The zero-order chi connectivity index (χ0) is 22.2. The lowest BCUT2D eigenvalue weighted by Crippen LogP contribution is -2.49. The first kappa shape index (κ1) is 22.7. The van der Waals surface area contributed by atoms with E-state index in [1.807, 2.05) is 62.4 Å². The molecule has 0 spiro atoms. The van der Waals surface area contributed by atoms with E-state index < -0.39 is 6.04 Å². The lowest BCUT2D eigenvalue weighted by Gasteiger charge is -2.30. The quantitative estimate of drug-likeness (QED) is 0.666. The Kier molecular flexibility index (Phi) is 7.93. The van der Waals surface area contributed by atoms with Crippen molar-refractivity contribution in [2.24, 2.45) is 0 Å². The van der Waals surface area contributed by atoms with Crippen molar-refractivity contribution in [3.63, 3.8) is 0 Å². The van der Waals surface area contributed by atoms with Gasteiger partial charge in [-0.1, -0.05) is 43.3 Å². The van der Waals surface area contributed by atoms with Crippen LogP contribution in [-0.4, -0.2) is 42.0 Å². The normalized spacial score (nSPS) is 14.4. The summed E-state index contributed by atoms with van der Waals surface area (Å²) in [6.45, 7) is 7.27. The minimum Gasteiger partial charge on any atom is -0.486 e. The number of carbonyl (C=O) groups is 2. The molecule has 0 bridgehead atoms. The van der Waals surface area contributed by atoms with E-state index in [1.165, 1.54) is 0 Å². The second-order valence-corrected chi connectivity index (χ2v) is 7.98. The van der Waals surface area contributed by atoms with Crippen LogP contribution in [0, 0.1) is 0 Å². The summed E-state index contributed by atoms with van der Waals surface area (Å²) in [6, 6.07) is 15.1. The number of hydrogen-bond donors (Lipinski definition) is 1. The standard InChI is InChI=1S/C25H32N2O4/c1-4-18(2)26-25(29)19(3)27(17-21-8-6-5-7-9-21)24(28)13-11-20-10-12-22-23(16-20)31-15-14-30-22/h5-10,12,16,18-19H,4,11,13-15,17H2,1-3H3,(H,26,29)/t18-,19+/m1/s1. The molecule has 0 fully saturated rings. The third-order valence-electron chi connectivity index (χ3n) is 5.60. The molecule has 2 aromatic rings. The summed E-state index contributed by atoms with van der Waals surface area (Å²) in [6.07, 6.45) is 1.73. The molecule has 6 nitrogen and oxygen atoms in total. The fourth-order valence-electron chi connectivity index (χ4n) is 3.47. The van der Waals surface area contributed by atoms with E-state index in [2.05, 4.69) is 5.32 Å². The molecule has 2 amide bonds. The van der Waals surface area contributed by atoms with Crippen LogP contribution in [0.1, 0.15) is 44.7 Å². The summed E-state index contributed by atoms with van der Waals surface area (Å²) >= 11 is 0. The van der Waals surface area contributed by atoms with Crippen LogP contribution in [-0.2, 0) is 22.6 Å². The Hall–Kier alpha value is -3.02. The van der Waals surface area contributed by atoms with Crippen LogP contribution in [0.15, 0.2) is 48.5 Å². The van der Waals surface area contributed by atoms with E-state index in [0.29, 0.717) is 32.6 Å². The number of rotatable bonds is 9. The molecule has 0 saturated heterocycles. The Morgan fingerprint density at radius 3 is 2.42 bits per heavy atom. The van der Waals surface area contributed by atoms with Gasteiger partial charge < -0.3 is 19.7 Å². The molecule has 0 unspecified atom stereocenters. The average molecular weight is 425 g/mol. The minimum atomic E-state index is -0.554. The van der Waals surface area contributed by atoms with Gasteiger partial charge in [0.1, 0.15) is 19.3 Å². The summed E-state index contributed by atoms with van der Waals surface area (Å²) < 4.78 is 11.2. The van der Waals surface area contributed by atoms with Gasteiger partial charge in [0.15, 0.2) is 11.5 Å². The van der Waals surface area contributed by atoms with E-state index in [-0.39, 0.29) is 17.9 Å². The number of amides is 2. The molecule has 0 aliphatic carbocycles. The molecule has 3 rings (SSSR count). The molecular formula is C25H32N2O4. The van der Waals surface area contributed by atoms with Gasteiger partial charge in [0, 0.05) is 19.0 Å². The number of fused-ring (bicyclic) bond motifs is 1. The summed E-state index contributed by atoms with van der Waals surface area (Å²) in [7, 11) is 0.